The van der Waals surface area contributed by atoms with Gasteiger partial charge in [0.25, 0.3) is 5.91 Å². The molecule has 0 aromatic carbocycles. The van der Waals surface area contributed by atoms with Crippen LogP contribution in [0.15, 0.2) is 18.5 Å². The summed E-state index contributed by atoms with van der Waals surface area (Å²) >= 11 is 0. The van der Waals surface area contributed by atoms with Gasteiger partial charge >= 0.3 is 0 Å². The van der Waals surface area contributed by atoms with Crippen molar-refractivity contribution in [1.29, 1.82) is 0 Å². The summed E-state index contributed by atoms with van der Waals surface area (Å²) in [5.41, 5.74) is 1.68. The van der Waals surface area contributed by atoms with Gasteiger partial charge in [-0.2, -0.15) is 5.10 Å². The van der Waals surface area contributed by atoms with Crippen molar-refractivity contribution in [1.82, 2.24) is 29.5 Å². The predicted octanol–water partition coefficient (Wildman–Crippen LogP) is 1.43. The van der Waals surface area contributed by atoms with E-state index < -0.39 is 0 Å². The molecule has 24 heavy (non-hydrogen) atoms. The highest BCUT2D eigenvalue weighted by Crippen LogP contribution is 2.21. The van der Waals surface area contributed by atoms with Crippen LogP contribution in [0.1, 0.15) is 41.3 Å². The number of aryl methyl sites for hydroxylation is 2. The number of hydrogen-bond acceptors (Lipinski definition) is 4. The van der Waals surface area contributed by atoms with Crippen LogP contribution in [0.5, 0.6) is 0 Å². The highest BCUT2D eigenvalue weighted by Gasteiger charge is 2.31. The fourth-order valence-corrected chi connectivity index (χ4v) is 3.80. The number of rotatable bonds is 3. The summed E-state index contributed by atoms with van der Waals surface area (Å²) in [5.74, 6) is 0.809. The van der Waals surface area contributed by atoms with E-state index in [0.29, 0.717) is 12.2 Å². The standard InChI is InChI=1S/C17H24N6O/c1-13-18-10-16(20-13)17(24)22-12-15-4-6-19-23(15)9-5-14(22)11-21-7-2-3-8-21/h4,6,10,14H,2-3,5,7-9,11-12H2,1H3,(H,18,20). The fraction of sp³-hybridized carbons (Fsp3) is 0.588. The molecule has 128 valence electrons. The molecule has 7 heteroatoms. The fourth-order valence-electron chi connectivity index (χ4n) is 3.80. The zero-order valence-corrected chi connectivity index (χ0v) is 14.1. The van der Waals surface area contributed by atoms with Crippen molar-refractivity contribution in [2.24, 2.45) is 0 Å². The Labute approximate surface area is 141 Å². The van der Waals surface area contributed by atoms with Gasteiger partial charge in [-0.25, -0.2) is 4.98 Å². The number of aromatic nitrogens is 4. The second kappa shape index (κ2) is 6.39. The normalized spacial score (nSPS) is 21.7. The smallest absolute Gasteiger partial charge is 0.272 e. The first kappa shape index (κ1) is 15.4. The zero-order valence-electron chi connectivity index (χ0n) is 14.1. The molecule has 1 N–H and O–H groups in total. The number of aromatic amines is 1. The molecule has 0 spiro atoms. The van der Waals surface area contributed by atoms with E-state index in [0.717, 1.165) is 44.1 Å². The van der Waals surface area contributed by atoms with Gasteiger partial charge in [0.15, 0.2) is 0 Å². The average Bonchev–Trinajstić information content (AvgIpc) is 3.30. The minimum atomic E-state index is 0.0365. The largest absolute Gasteiger partial charge is 0.338 e. The molecule has 1 unspecified atom stereocenters. The summed E-state index contributed by atoms with van der Waals surface area (Å²) in [4.78, 5) is 24.9. The Balaban J connectivity index is 1.60. The van der Waals surface area contributed by atoms with Crippen molar-refractivity contribution in [3.05, 3.63) is 35.7 Å². The number of likely N-dealkylation sites (tertiary alicyclic amines) is 1. The molecule has 2 aromatic heterocycles. The number of carbonyl (C=O) groups is 1. The summed E-state index contributed by atoms with van der Waals surface area (Å²) in [6, 6.07) is 2.22. The highest BCUT2D eigenvalue weighted by atomic mass is 16.2. The molecule has 4 heterocycles. The maximum absolute atomic E-state index is 13.1. The van der Waals surface area contributed by atoms with Crippen molar-refractivity contribution in [2.45, 2.75) is 45.3 Å². The van der Waals surface area contributed by atoms with E-state index in [1.54, 1.807) is 6.20 Å². The predicted molar refractivity (Wildman–Crippen MR) is 89.5 cm³/mol. The molecule has 1 saturated heterocycles. The van der Waals surface area contributed by atoms with Gasteiger partial charge in [-0.05, 0) is 45.3 Å². The van der Waals surface area contributed by atoms with E-state index >= 15 is 0 Å². The first-order chi connectivity index (χ1) is 11.7. The van der Waals surface area contributed by atoms with E-state index in [4.69, 9.17) is 0 Å². The second-order valence-corrected chi connectivity index (χ2v) is 6.81. The third-order valence-corrected chi connectivity index (χ3v) is 5.11. The summed E-state index contributed by atoms with van der Waals surface area (Å²) in [6.07, 6.45) is 6.93. The molecule has 4 rings (SSSR count). The molecule has 0 aliphatic carbocycles. The molecule has 1 atom stereocenters. The van der Waals surface area contributed by atoms with Gasteiger partial charge < -0.3 is 14.8 Å². The van der Waals surface area contributed by atoms with Gasteiger partial charge in [0.05, 0.1) is 18.4 Å². The van der Waals surface area contributed by atoms with Gasteiger partial charge in [0, 0.05) is 25.3 Å². The van der Waals surface area contributed by atoms with Gasteiger partial charge in [-0.3, -0.25) is 9.48 Å². The van der Waals surface area contributed by atoms with E-state index in [9.17, 15) is 4.79 Å². The minimum Gasteiger partial charge on any atom is -0.338 e. The molecule has 2 aliphatic heterocycles. The lowest BCUT2D eigenvalue weighted by molar-refractivity contribution is 0.0609. The van der Waals surface area contributed by atoms with Crippen molar-refractivity contribution < 1.29 is 4.79 Å². The maximum atomic E-state index is 13.1. The number of nitrogens with zero attached hydrogens (tertiary/aromatic N) is 5. The molecule has 1 amide bonds. The van der Waals surface area contributed by atoms with Crippen molar-refractivity contribution in [3.63, 3.8) is 0 Å². The summed E-state index contributed by atoms with van der Waals surface area (Å²) in [7, 11) is 0. The third kappa shape index (κ3) is 2.96. The van der Waals surface area contributed by atoms with E-state index in [1.807, 2.05) is 28.8 Å². The van der Waals surface area contributed by atoms with Crippen LogP contribution in [0.25, 0.3) is 0 Å². The summed E-state index contributed by atoms with van der Waals surface area (Å²) in [5, 5.41) is 4.40. The first-order valence-electron chi connectivity index (χ1n) is 8.76. The highest BCUT2D eigenvalue weighted by molar-refractivity contribution is 5.92. The number of amides is 1. The van der Waals surface area contributed by atoms with Crippen LogP contribution in [0.3, 0.4) is 0 Å². The molecule has 1 fully saturated rings. The molecule has 7 nitrogen and oxygen atoms in total. The van der Waals surface area contributed by atoms with Crippen molar-refractivity contribution >= 4 is 5.91 Å². The van der Waals surface area contributed by atoms with Gasteiger partial charge in [-0.1, -0.05) is 0 Å². The second-order valence-electron chi connectivity index (χ2n) is 6.81. The Hall–Kier alpha value is -2.15. The number of H-pyrrole nitrogens is 1. The topological polar surface area (TPSA) is 70.1 Å². The lowest BCUT2D eigenvalue weighted by atomic mass is 10.1. The Morgan fingerprint density at radius 3 is 2.92 bits per heavy atom. The Morgan fingerprint density at radius 1 is 1.33 bits per heavy atom. The monoisotopic (exact) mass is 328 g/mol. The van der Waals surface area contributed by atoms with Gasteiger partial charge in [-0.15, -0.1) is 0 Å². The van der Waals surface area contributed by atoms with E-state index in [2.05, 4.69) is 20.0 Å². The van der Waals surface area contributed by atoms with Gasteiger partial charge in [0.2, 0.25) is 0 Å². The number of hydrogen-bond donors (Lipinski definition) is 1. The summed E-state index contributed by atoms with van der Waals surface area (Å²) < 4.78 is 2.03. The van der Waals surface area contributed by atoms with Crippen LogP contribution in [0, 0.1) is 6.92 Å². The van der Waals surface area contributed by atoms with Crippen LogP contribution in [-0.4, -0.2) is 61.1 Å². The first-order valence-corrected chi connectivity index (χ1v) is 8.76. The third-order valence-electron chi connectivity index (χ3n) is 5.11. The molecule has 2 aromatic rings. The number of carbonyl (C=O) groups excluding carboxylic acids is 1. The molecule has 0 bridgehead atoms. The number of nitrogens with one attached hydrogen (secondary N) is 1. The zero-order chi connectivity index (χ0) is 16.5. The molecule has 2 aliphatic rings. The Bertz CT molecular complexity index is 714. The van der Waals surface area contributed by atoms with Crippen LogP contribution in [-0.2, 0) is 13.1 Å². The summed E-state index contributed by atoms with van der Waals surface area (Å²) in [6.45, 7) is 6.58. The molecule has 0 radical (unpaired) electrons. The maximum Gasteiger partial charge on any atom is 0.272 e. The molecular formula is C17H24N6O. The van der Waals surface area contributed by atoms with Crippen LogP contribution >= 0.6 is 0 Å². The lowest BCUT2D eigenvalue weighted by Crippen LogP contribution is -2.45. The quantitative estimate of drug-likeness (QED) is 0.925. The number of imidazole rings is 1. The minimum absolute atomic E-state index is 0.0365. The molecule has 0 saturated carbocycles. The van der Waals surface area contributed by atoms with Crippen molar-refractivity contribution in [2.75, 3.05) is 19.6 Å². The van der Waals surface area contributed by atoms with E-state index in [-0.39, 0.29) is 11.9 Å². The van der Waals surface area contributed by atoms with E-state index in [1.165, 1.54) is 12.8 Å². The van der Waals surface area contributed by atoms with Crippen molar-refractivity contribution in [3.8, 4) is 0 Å². The number of fused-ring (bicyclic) bond motifs is 1. The van der Waals surface area contributed by atoms with Crippen LogP contribution in [0.2, 0.25) is 0 Å². The van der Waals surface area contributed by atoms with Crippen LogP contribution < -0.4 is 0 Å². The SMILES string of the molecule is Cc1ncc(C(=O)N2Cc3ccnn3CCC2CN2CCCC2)[nH]1. The Morgan fingerprint density at radius 2 is 2.17 bits per heavy atom. The lowest BCUT2D eigenvalue weighted by Gasteiger charge is -2.32. The molecular weight excluding hydrogens is 304 g/mol. The van der Waals surface area contributed by atoms with Gasteiger partial charge in [0.1, 0.15) is 11.5 Å². The van der Waals surface area contributed by atoms with Crippen LogP contribution in [0.4, 0.5) is 0 Å². The Kier molecular flexibility index (Phi) is 4.10. The average molecular weight is 328 g/mol.